The maximum atomic E-state index is 14.0. The van der Waals surface area contributed by atoms with Crippen molar-refractivity contribution in [3.05, 3.63) is 35.1 Å². The second-order valence-electron chi connectivity index (χ2n) is 9.19. The summed E-state index contributed by atoms with van der Waals surface area (Å²) in [5, 5.41) is 9.17. The van der Waals surface area contributed by atoms with E-state index in [1.807, 2.05) is 0 Å². The minimum Gasteiger partial charge on any atom is -0.394 e. The number of benzene rings is 1. The first-order valence-corrected chi connectivity index (χ1v) is 12.5. The van der Waals surface area contributed by atoms with Gasteiger partial charge in [0, 0.05) is 24.2 Å². The molecule has 2 bridgehead atoms. The first kappa shape index (κ1) is 23.5. The monoisotopic (exact) mass is 475 g/mol. The van der Waals surface area contributed by atoms with Crippen LogP contribution in [-0.4, -0.2) is 60.4 Å². The van der Waals surface area contributed by atoms with Gasteiger partial charge in [-0.1, -0.05) is 0 Å². The third-order valence-electron chi connectivity index (χ3n) is 6.92. The number of nitrogens with two attached hydrogens (primary N) is 1. The highest BCUT2D eigenvalue weighted by atomic mass is 32.2. The van der Waals surface area contributed by atoms with E-state index in [9.17, 15) is 31.5 Å². The standard InChI is InChI=1S/C21H28F3N3O4S/c22-16-9-18(24)17(23)7-11(16)8-19(25)12-5-13-1-2-14(6-12)27(13)21(29)20(10-28)26-32(30,31)15-3-4-15/h7,9,12-15,19-20,26,28H,1-6,8,10,25H2/t12-,13-,14+,19-,20+/m1/s1. The molecule has 4 rings (SSSR count). The van der Waals surface area contributed by atoms with Gasteiger partial charge in [0.25, 0.3) is 0 Å². The lowest BCUT2D eigenvalue weighted by atomic mass is 9.82. The summed E-state index contributed by atoms with van der Waals surface area (Å²) in [7, 11) is -3.64. The maximum Gasteiger partial charge on any atom is 0.243 e. The number of amides is 1. The van der Waals surface area contributed by atoms with Crippen LogP contribution in [0.1, 0.15) is 44.1 Å². The number of rotatable bonds is 8. The molecule has 7 nitrogen and oxygen atoms in total. The largest absolute Gasteiger partial charge is 0.394 e. The average Bonchev–Trinajstić information content (AvgIpc) is 3.56. The fraction of sp³-hybridized carbons (Fsp3) is 0.667. The molecule has 1 amide bonds. The molecular weight excluding hydrogens is 447 g/mol. The molecule has 3 aliphatic rings. The number of hydrogen-bond acceptors (Lipinski definition) is 5. The van der Waals surface area contributed by atoms with Gasteiger partial charge in [-0.05, 0) is 62.5 Å². The van der Waals surface area contributed by atoms with Gasteiger partial charge in [-0.25, -0.2) is 26.3 Å². The number of sulfonamides is 1. The van der Waals surface area contributed by atoms with Crippen LogP contribution in [0.2, 0.25) is 0 Å². The number of hydrogen-bond donors (Lipinski definition) is 3. The number of aliphatic hydroxyl groups excluding tert-OH is 1. The van der Waals surface area contributed by atoms with Gasteiger partial charge < -0.3 is 15.7 Å². The lowest BCUT2D eigenvalue weighted by molar-refractivity contribution is -0.139. The maximum absolute atomic E-state index is 14.0. The summed E-state index contributed by atoms with van der Waals surface area (Å²) >= 11 is 0. The zero-order chi connectivity index (χ0) is 23.2. The van der Waals surface area contributed by atoms with Crippen LogP contribution < -0.4 is 10.5 Å². The molecule has 2 aliphatic heterocycles. The van der Waals surface area contributed by atoms with Crippen LogP contribution >= 0.6 is 0 Å². The lowest BCUT2D eigenvalue weighted by Gasteiger charge is -2.42. The Hall–Kier alpha value is -1.69. The van der Waals surface area contributed by atoms with E-state index in [0.717, 1.165) is 18.9 Å². The molecule has 3 fully saturated rings. The van der Waals surface area contributed by atoms with Crippen LogP contribution in [0.3, 0.4) is 0 Å². The molecule has 0 unspecified atom stereocenters. The molecule has 1 aromatic rings. The Morgan fingerprint density at radius 2 is 1.69 bits per heavy atom. The lowest BCUT2D eigenvalue weighted by Crippen LogP contribution is -2.57. The van der Waals surface area contributed by atoms with Crippen molar-refractivity contribution in [2.24, 2.45) is 11.7 Å². The van der Waals surface area contributed by atoms with Crippen molar-refractivity contribution in [3.63, 3.8) is 0 Å². The summed E-state index contributed by atoms with van der Waals surface area (Å²) in [6.07, 6.45) is 3.69. The van der Waals surface area contributed by atoms with E-state index < -0.39 is 57.3 Å². The molecule has 2 heterocycles. The molecule has 0 spiro atoms. The molecule has 11 heteroatoms. The fourth-order valence-corrected chi connectivity index (χ4v) is 6.61. The van der Waals surface area contributed by atoms with Crippen LogP contribution in [0.15, 0.2) is 12.1 Å². The van der Waals surface area contributed by atoms with Gasteiger partial charge >= 0.3 is 0 Å². The molecule has 178 valence electrons. The van der Waals surface area contributed by atoms with Crippen molar-refractivity contribution in [1.82, 2.24) is 9.62 Å². The summed E-state index contributed by atoms with van der Waals surface area (Å²) in [4.78, 5) is 14.7. The number of carbonyl (C=O) groups excluding carboxylic acids is 1. The number of carbonyl (C=O) groups is 1. The molecule has 0 aromatic heterocycles. The summed E-state index contributed by atoms with van der Waals surface area (Å²) in [6, 6.07) is -0.699. The molecule has 0 radical (unpaired) electrons. The van der Waals surface area contributed by atoms with E-state index in [0.29, 0.717) is 31.7 Å². The third-order valence-corrected chi connectivity index (χ3v) is 8.89. The molecule has 1 aromatic carbocycles. The minimum atomic E-state index is -3.64. The van der Waals surface area contributed by atoms with Gasteiger partial charge in [-0.2, -0.15) is 0 Å². The Kier molecular flexibility index (Phi) is 6.54. The normalized spacial score (nSPS) is 27.4. The highest BCUT2D eigenvalue weighted by Gasteiger charge is 2.47. The van der Waals surface area contributed by atoms with Crippen molar-refractivity contribution >= 4 is 15.9 Å². The second kappa shape index (κ2) is 8.92. The Balaban J connectivity index is 1.41. The van der Waals surface area contributed by atoms with Crippen molar-refractivity contribution < 1.29 is 31.5 Å². The summed E-state index contributed by atoms with van der Waals surface area (Å²) in [5.41, 5.74) is 6.31. The SMILES string of the molecule is N[C@H](Cc1cc(F)c(F)cc1F)[C@@H]1C[C@H]2CC[C@@H](C1)N2C(=O)[C@H](CO)NS(=O)(=O)C1CC1. The minimum absolute atomic E-state index is 0.0112. The fourth-order valence-electron chi connectivity index (χ4n) is 5.09. The molecule has 1 aliphatic carbocycles. The molecule has 32 heavy (non-hydrogen) atoms. The third kappa shape index (κ3) is 4.66. The van der Waals surface area contributed by atoms with Crippen LogP contribution in [0.5, 0.6) is 0 Å². The van der Waals surface area contributed by atoms with E-state index >= 15 is 0 Å². The Labute approximate surface area is 185 Å². The highest BCUT2D eigenvalue weighted by molar-refractivity contribution is 7.90. The van der Waals surface area contributed by atoms with Gasteiger partial charge in [0.2, 0.25) is 15.9 Å². The second-order valence-corrected chi connectivity index (χ2v) is 11.2. The van der Waals surface area contributed by atoms with E-state index in [4.69, 9.17) is 5.73 Å². The predicted octanol–water partition coefficient (Wildman–Crippen LogP) is 1.19. The number of fused-ring (bicyclic) bond motifs is 2. The van der Waals surface area contributed by atoms with Gasteiger partial charge in [-0.15, -0.1) is 0 Å². The van der Waals surface area contributed by atoms with Crippen molar-refractivity contribution in [3.8, 4) is 0 Å². The van der Waals surface area contributed by atoms with Crippen molar-refractivity contribution in [1.29, 1.82) is 0 Å². The summed E-state index contributed by atoms with van der Waals surface area (Å²) in [6.45, 7) is -0.626. The van der Waals surface area contributed by atoms with Gasteiger partial charge in [0.05, 0.1) is 11.9 Å². The Morgan fingerprint density at radius 1 is 1.09 bits per heavy atom. The topological polar surface area (TPSA) is 113 Å². The quantitative estimate of drug-likeness (QED) is 0.489. The van der Waals surface area contributed by atoms with Crippen LogP contribution in [0.25, 0.3) is 0 Å². The van der Waals surface area contributed by atoms with Crippen LogP contribution in [0, 0.1) is 23.4 Å². The zero-order valence-electron chi connectivity index (χ0n) is 17.5. The number of piperidine rings is 1. The Morgan fingerprint density at radius 3 is 2.25 bits per heavy atom. The molecule has 5 atom stereocenters. The molecular formula is C21H28F3N3O4S. The van der Waals surface area contributed by atoms with Gasteiger partial charge in [-0.3, -0.25) is 4.79 Å². The molecule has 4 N–H and O–H groups in total. The summed E-state index contributed by atoms with van der Waals surface area (Å²) in [5.74, 6) is -3.72. The molecule has 2 saturated heterocycles. The first-order valence-electron chi connectivity index (χ1n) is 10.9. The predicted molar refractivity (Wildman–Crippen MR) is 110 cm³/mol. The van der Waals surface area contributed by atoms with Gasteiger partial charge in [0.15, 0.2) is 11.6 Å². The summed E-state index contributed by atoms with van der Waals surface area (Å²) < 4.78 is 67.5. The Bertz CT molecular complexity index is 975. The smallest absolute Gasteiger partial charge is 0.243 e. The molecule has 1 saturated carbocycles. The number of nitrogens with zero attached hydrogens (tertiary/aromatic N) is 1. The number of nitrogens with one attached hydrogen (secondary N) is 1. The first-order chi connectivity index (χ1) is 15.1. The van der Waals surface area contributed by atoms with Crippen molar-refractivity contribution in [2.45, 2.75) is 74.4 Å². The van der Waals surface area contributed by atoms with E-state index in [1.165, 1.54) is 0 Å². The number of halogens is 3. The highest BCUT2D eigenvalue weighted by Crippen LogP contribution is 2.40. The van der Waals surface area contributed by atoms with E-state index in [-0.39, 0.29) is 30.0 Å². The van der Waals surface area contributed by atoms with Crippen LogP contribution in [0.4, 0.5) is 13.2 Å². The van der Waals surface area contributed by atoms with E-state index in [1.54, 1.807) is 4.90 Å². The van der Waals surface area contributed by atoms with Gasteiger partial charge in [0.1, 0.15) is 11.9 Å². The number of aliphatic hydroxyl groups is 1. The zero-order valence-corrected chi connectivity index (χ0v) is 18.3. The van der Waals surface area contributed by atoms with E-state index in [2.05, 4.69) is 4.72 Å². The average molecular weight is 476 g/mol. The van der Waals surface area contributed by atoms with Crippen LogP contribution in [-0.2, 0) is 21.2 Å². The van der Waals surface area contributed by atoms with Crippen molar-refractivity contribution in [2.75, 3.05) is 6.61 Å².